The Morgan fingerprint density at radius 2 is 1.56 bits per heavy atom. The van der Waals surface area contributed by atoms with Crippen molar-refractivity contribution in [2.45, 2.75) is 70.9 Å². The number of imide groups is 1. The number of nitrogens with zero attached hydrogens (tertiary/aromatic N) is 3. The molecule has 2 saturated heterocycles. The molecular formula is C31H39N3O5. The number of carbonyl (C=O) groups excluding carboxylic acids is 3. The Balaban J connectivity index is 1.41. The number of carbonyl (C=O) groups is 3. The lowest BCUT2D eigenvalue weighted by molar-refractivity contribution is -0.152. The quantitative estimate of drug-likeness (QED) is 0.530. The van der Waals surface area contributed by atoms with Crippen LogP contribution >= 0.6 is 0 Å². The molecule has 0 bridgehead atoms. The number of urea groups is 1. The number of likely N-dealkylation sites (tertiary alicyclic amines) is 1. The van der Waals surface area contributed by atoms with E-state index in [-0.39, 0.29) is 48.6 Å². The van der Waals surface area contributed by atoms with Crippen molar-refractivity contribution >= 4 is 17.8 Å². The maximum Gasteiger partial charge on any atom is 0.327 e. The molecule has 2 aliphatic heterocycles. The van der Waals surface area contributed by atoms with Gasteiger partial charge in [-0.2, -0.15) is 0 Å². The van der Waals surface area contributed by atoms with Gasteiger partial charge in [-0.15, -0.1) is 0 Å². The molecule has 2 aromatic carbocycles. The summed E-state index contributed by atoms with van der Waals surface area (Å²) in [4.78, 5) is 45.7. The summed E-state index contributed by atoms with van der Waals surface area (Å²) < 4.78 is 11.4. The minimum atomic E-state index is -0.375. The van der Waals surface area contributed by atoms with Crippen molar-refractivity contribution in [1.82, 2.24) is 14.7 Å². The average molecular weight is 534 g/mol. The zero-order valence-corrected chi connectivity index (χ0v) is 23.4. The predicted molar refractivity (Wildman–Crippen MR) is 147 cm³/mol. The van der Waals surface area contributed by atoms with E-state index in [1.807, 2.05) is 35.8 Å². The highest BCUT2D eigenvalue weighted by Gasteiger charge is 2.51. The van der Waals surface area contributed by atoms with Gasteiger partial charge in [0.1, 0.15) is 0 Å². The molecule has 8 nitrogen and oxygen atoms in total. The Morgan fingerprint density at radius 3 is 2.23 bits per heavy atom. The lowest BCUT2D eigenvalue weighted by Gasteiger charge is -2.50. The minimum absolute atomic E-state index is 0.0345. The van der Waals surface area contributed by atoms with E-state index in [0.717, 1.165) is 48.2 Å². The van der Waals surface area contributed by atoms with E-state index in [2.05, 4.69) is 18.2 Å². The van der Waals surface area contributed by atoms with Gasteiger partial charge in [0.05, 0.1) is 24.7 Å². The first-order valence-corrected chi connectivity index (χ1v) is 13.9. The Bertz CT molecular complexity index is 1220. The molecule has 4 unspecified atom stereocenters. The number of amides is 4. The SMILES string of the molecule is COC1CC2C(=O)N(Cc3ccc(C(=O)N4CCCC4)cc3)C(=O)N(Cc3cc(C)ccc3C)C2CC1OC. The monoisotopic (exact) mass is 533 g/mol. The van der Waals surface area contributed by atoms with Gasteiger partial charge >= 0.3 is 6.03 Å². The van der Waals surface area contributed by atoms with Crippen LogP contribution in [0, 0.1) is 19.8 Å². The normalized spacial score (nSPS) is 25.3. The predicted octanol–water partition coefficient (Wildman–Crippen LogP) is 4.31. The summed E-state index contributed by atoms with van der Waals surface area (Å²) in [6.07, 6.45) is 2.72. The molecule has 8 heteroatoms. The van der Waals surface area contributed by atoms with Gasteiger partial charge in [0, 0.05) is 45.5 Å². The smallest absolute Gasteiger partial charge is 0.327 e. The van der Waals surface area contributed by atoms with E-state index < -0.39 is 0 Å². The molecule has 0 spiro atoms. The van der Waals surface area contributed by atoms with Crippen molar-refractivity contribution in [2.75, 3.05) is 27.3 Å². The molecule has 39 heavy (non-hydrogen) atoms. The van der Waals surface area contributed by atoms with Gasteiger partial charge in [0.25, 0.3) is 5.91 Å². The molecule has 4 amide bonds. The minimum Gasteiger partial charge on any atom is -0.379 e. The number of rotatable bonds is 7. The van der Waals surface area contributed by atoms with Gasteiger partial charge in [-0.1, -0.05) is 35.9 Å². The Hall–Kier alpha value is -3.23. The number of ether oxygens (including phenoxy) is 2. The first-order chi connectivity index (χ1) is 18.8. The van der Waals surface area contributed by atoms with Crippen molar-refractivity contribution in [3.63, 3.8) is 0 Å². The second-order valence-electron chi connectivity index (χ2n) is 11.2. The fourth-order valence-electron chi connectivity index (χ4n) is 6.33. The Kier molecular flexibility index (Phi) is 8.05. The first kappa shape index (κ1) is 27.3. The number of hydrogen-bond donors (Lipinski definition) is 0. The third-order valence-electron chi connectivity index (χ3n) is 8.69. The van der Waals surface area contributed by atoms with Gasteiger partial charge in [0.2, 0.25) is 5.91 Å². The van der Waals surface area contributed by atoms with Crippen LogP contribution in [0.25, 0.3) is 0 Å². The van der Waals surface area contributed by atoms with Crippen molar-refractivity contribution in [2.24, 2.45) is 5.92 Å². The summed E-state index contributed by atoms with van der Waals surface area (Å²) in [5.74, 6) is -0.511. The standard InChI is InChI=1S/C31H39N3O5/c1-20-7-8-21(2)24(15-20)19-33-26-17-28(39-4)27(38-3)16-25(26)30(36)34(31(33)37)18-22-9-11-23(12-10-22)29(35)32-13-5-6-14-32/h7-12,15,25-28H,5-6,13-14,16-19H2,1-4H3. The van der Waals surface area contributed by atoms with E-state index in [4.69, 9.17) is 9.47 Å². The number of fused-ring (bicyclic) bond motifs is 1. The average Bonchev–Trinajstić information content (AvgIpc) is 3.49. The maximum absolute atomic E-state index is 14.0. The first-order valence-electron chi connectivity index (χ1n) is 13.9. The van der Waals surface area contributed by atoms with Gasteiger partial charge in [-0.05, 0) is 68.4 Å². The van der Waals surface area contributed by atoms with Crippen LogP contribution in [0.2, 0.25) is 0 Å². The van der Waals surface area contributed by atoms with Crippen LogP contribution in [0.5, 0.6) is 0 Å². The molecule has 1 aliphatic carbocycles. The van der Waals surface area contributed by atoms with Gasteiger partial charge in [-0.3, -0.25) is 14.5 Å². The van der Waals surface area contributed by atoms with Gasteiger partial charge in [-0.25, -0.2) is 4.79 Å². The van der Waals surface area contributed by atoms with E-state index in [9.17, 15) is 14.4 Å². The summed E-state index contributed by atoms with van der Waals surface area (Å²) in [7, 11) is 3.30. The van der Waals surface area contributed by atoms with Crippen LogP contribution in [0.4, 0.5) is 4.79 Å². The second kappa shape index (κ2) is 11.5. The summed E-state index contributed by atoms with van der Waals surface area (Å²) in [5, 5.41) is 0. The van der Waals surface area contributed by atoms with E-state index in [0.29, 0.717) is 24.9 Å². The third kappa shape index (κ3) is 5.45. The maximum atomic E-state index is 14.0. The lowest BCUT2D eigenvalue weighted by atomic mass is 9.77. The lowest BCUT2D eigenvalue weighted by Crippen LogP contribution is -2.64. The highest BCUT2D eigenvalue weighted by atomic mass is 16.5. The fraction of sp³-hybridized carbons (Fsp3) is 0.516. The highest BCUT2D eigenvalue weighted by molar-refractivity contribution is 5.99. The van der Waals surface area contributed by atoms with Gasteiger partial charge in [0.15, 0.2) is 0 Å². The molecule has 5 rings (SSSR count). The topological polar surface area (TPSA) is 79.4 Å². The van der Waals surface area contributed by atoms with Crippen molar-refractivity contribution in [3.8, 4) is 0 Å². The molecular weight excluding hydrogens is 494 g/mol. The molecule has 2 heterocycles. The number of benzene rings is 2. The number of methoxy groups -OCH3 is 2. The summed E-state index contributed by atoms with van der Waals surface area (Å²) in [6.45, 7) is 6.27. The Labute approximate surface area is 230 Å². The van der Waals surface area contributed by atoms with Crippen LogP contribution in [0.1, 0.15) is 58.3 Å². The highest BCUT2D eigenvalue weighted by Crippen LogP contribution is 2.38. The van der Waals surface area contributed by atoms with Crippen molar-refractivity contribution in [3.05, 3.63) is 70.3 Å². The molecule has 0 N–H and O–H groups in total. The summed E-state index contributed by atoms with van der Waals surface area (Å²) >= 11 is 0. The Morgan fingerprint density at radius 1 is 0.897 bits per heavy atom. The molecule has 3 aliphatic rings. The number of hydrogen-bond acceptors (Lipinski definition) is 5. The van der Waals surface area contributed by atoms with Crippen LogP contribution in [0.15, 0.2) is 42.5 Å². The number of aryl methyl sites for hydroxylation is 2. The molecule has 1 saturated carbocycles. The van der Waals surface area contributed by atoms with Gasteiger partial charge < -0.3 is 19.3 Å². The summed E-state index contributed by atoms with van der Waals surface area (Å²) in [5.41, 5.74) is 4.76. The second-order valence-corrected chi connectivity index (χ2v) is 11.2. The van der Waals surface area contributed by atoms with Crippen molar-refractivity contribution in [1.29, 1.82) is 0 Å². The molecule has 0 aromatic heterocycles. The molecule has 4 atom stereocenters. The van der Waals surface area contributed by atoms with Crippen LogP contribution in [-0.4, -0.2) is 78.1 Å². The van der Waals surface area contributed by atoms with Crippen LogP contribution in [-0.2, 0) is 27.4 Å². The van der Waals surface area contributed by atoms with E-state index in [1.165, 1.54) is 4.90 Å². The zero-order chi connectivity index (χ0) is 27.7. The van der Waals surface area contributed by atoms with E-state index in [1.54, 1.807) is 26.4 Å². The molecule has 3 fully saturated rings. The molecule has 208 valence electrons. The largest absolute Gasteiger partial charge is 0.379 e. The third-order valence-corrected chi connectivity index (χ3v) is 8.69. The summed E-state index contributed by atoms with van der Waals surface area (Å²) in [6, 6.07) is 13.0. The van der Waals surface area contributed by atoms with Crippen molar-refractivity contribution < 1.29 is 23.9 Å². The fourth-order valence-corrected chi connectivity index (χ4v) is 6.33. The molecule has 2 aromatic rings. The van der Waals surface area contributed by atoms with Crippen LogP contribution < -0.4 is 0 Å². The van der Waals surface area contributed by atoms with E-state index >= 15 is 0 Å². The molecule has 0 radical (unpaired) electrons. The van der Waals surface area contributed by atoms with Crippen LogP contribution in [0.3, 0.4) is 0 Å². The zero-order valence-electron chi connectivity index (χ0n) is 23.4.